The average molecular weight is 825 g/mol. The Morgan fingerprint density at radius 3 is 2.07 bits per heavy atom. The number of hydrogen-bond donors (Lipinski definition) is 5. The number of nitrogens with zero attached hydrogens (tertiary/aromatic N) is 2. The quantitative estimate of drug-likeness (QED) is 0.203. The fourth-order valence-electron chi connectivity index (χ4n) is 6.69. The number of rotatable bonds is 7. The van der Waals surface area contributed by atoms with E-state index in [1.807, 2.05) is 26.8 Å². The van der Waals surface area contributed by atoms with Gasteiger partial charge in [0.1, 0.15) is 24.2 Å². The van der Waals surface area contributed by atoms with Crippen LogP contribution in [0.5, 0.6) is 0 Å². The molecule has 15 nitrogen and oxygen atoms in total. The summed E-state index contributed by atoms with van der Waals surface area (Å²) in [5, 5.41) is 22.3. The van der Waals surface area contributed by atoms with Crippen LogP contribution in [0.3, 0.4) is 0 Å². The highest BCUT2D eigenvalue weighted by Gasteiger charge is 2.36. The van der Waals surface area contributed by atoms with Crippen LogP contribution in [0.25, 0.3) is 0 Å². The van der Waals surface area contributed by atoms with Crippen LogP contribution in [-0.4, -0.2) is 119 Å². The van der Waals surface area contributed by atoms with Gasteiger partial charge in [-0.3, -0.25) is 28.8 Å². The molecule has 6 amide bonds. The first-order valence-corrected chi connectivity index (χ1v) is 20.6. The molecule has 1 aromatic carbocycles. The number of benzene rings is 1. The van der Waals surface area contributed by atoms with Crippen LogP contribution >= 0.6 is 0 Å². The molecule has 15 heteroatoms. The van der Waals surface area contributed by atoms with Crippen molar-refractivity contribution in [2.75, 3.05) is 20.6 Å². The number of carbonyl (C=O) groups is 7. The molecule has 2 rings (SSSR count). The van der Waals surface area contributed by atoms with E-state index in [0.29, 0.717) is 6.42 Å². The smallest absolute Gasteiger partial charge is 0.334 e. The van der Waals surface area contributed by atoms with Gasteiger partial charge in [-0.05, 0) is 64.9 Å². The molecule has 0 saturated heterocycles. The fourth-order valence-corrected chi connectivity index (χ4v) is 6.69. The monoisotopic (exact) mass is 825 g/mol. The molecule has 1 heterocycles. The Bertz CT molecular complexity index is 1700. The molecule has 0 saturated carbocycles. The summed E-state index contributed by atoms with van der Waals surface area (Å²) in [5.41, 5.74) is 1.65. The summed E-state index contributed by atoms with van der Waals surface area (Å²) >= 11 is 0. The lowest BCUT2D eigenvalue weighted by Crippen LogP contribution is -2.58. The van der Waals surface area contributed by atoms with E-state index in [9.17, 15) is 38.7 Å². The second kappa shape index (κ2) is 23.5. The molecule has 0 bridgehead atoms. The van der Waals surface area contributed by atoms with Crippen LogP contribution in [-0.2, 0) is 44.7 Å². The minimum Gasteiger partial charge on any atom is -0.449 e. The molecule has 0 fully saturated rings. The number of amides is 6. The fraction of sp³-hybridized carbons (Fsp3) is 0.614. The molecule has 0 aliphatic carbocycles. The van der Waals surface area contributed by atoms with Crippen LogP contribution in [0.1, 0.15) is 94.1 Å². The third kappa shape index (κ3) is 14.9. The van der Waals surface area contributed by atoms with Gasteiger partial charge in [0.2, 0.25) is 29.5 Å². The minimum absolute atomic E-state index is 0.0189. The Morgan fingerprint density at radius 1 is 0.881 bits per heavy atom. The lowest BCUT2D eigenvalue weighted by Gasteiger charge is -2.33. The zero-order valence-corrected chi connectivity index (χ0v) is 37.0. The summed E-state index contributed by atoms with van der Waals surface area (Å²) in [6, 6.07) is 4.06. The van der Waals surface area contributed by atoms with E-state index >= 15 is 0 Å². The van der Waals surface area contributed by atoms with Crippen LogP contribution in [0.4, 0.5) is 0 Å². The highest BCUT2D eigenvalue weighted by atomic mass is 16.5. The highest BCUT2D eigenvalue weighted by Crippen LogP contribution is 2.21. The predicted molar refractivity (Wildman–Crippen MR) is 225 cm³/mol. The first-order chi connectivity index (χ1) is 27.6. The van der Waals surface area contributed by atoms with Gasteiger partial charge in [0.25, 0.3) is 5.91 Å². The van der Waals surface area contributed by atoms with Gasteiger partial charge in [-0.15, -0.1) is 0 Å². The molecule has 9 atom stereocenters. The summed E-state index contributed by atoms with van der Waals surface area (Å²) in [5.74, 6) is -5.35. The Labute approximate surface area is 350 Å². The number of aliphatic hydroxyl groups is 1. The van der Waals surface area contributed by atoms with Gasteiger partial charge in [-0.1, -0.05) is 89.1 Å². The zero-order chi connectivity index (χ0) is 44.7. The molecule has 5 N–H and O–H groups in total. The number of nitrogens with one attached hydrogen (secondary N) is 4. The molecule has 59 heavy (non-hydrogen) atoms. The molecule has 1 aromatic rings. The van der Waals surface area contributed by atoms with Gasteiger partial charge in [0.15, 0.2) is 6.10 Å². The molecule has 0 aromatic heterocycles. The molecular formula is C44H68N6O9. The number of ether oxygens (including phenoxy) is 1. The predicted octanol–water partition coefficient (Wildman–Crippen LogP) is 2.81. The molecule has 0 spiro atoms. The van der Waals surface area contributed by atoms with Gasteiger partial charge >= 0.3 is 5.97 Å². The SMILES string of the molecule is C/C=C(\C)[C@H]1NC(=O)[C@@H](C)NC(=O)[C@H](C(C)CC)NC(=O)CN(C)C(=O)[C@@H](Cc2ccccc2)N(C)C(=O)[C@H](C)NC(=O)[C@@H](CC(C)C)OC(=O)/C(C)=C/C[C@H](O)[C@@H]1C. The summed E-state index contributed by atoms with van der Waals surface area (Å²) in [6.07, 6.45) is 1.82. The summed E-state index contributed by atoms with van der Waals surface area (Å²) in [4.78, 5) is 98.2. The van der Waals surface area contributed by atoms with E-state index < -0.39 is 96.3 Å². The molecule has 1 aliphatic heterocycles. The van der Waals surface area contributed by atoms with Crippen molar-refractivity contribution in [2.24, 2.45) is 17.8 Å². The maximum Gasteiger partial charge on any atom is 0.334 e. The number of cyclic esters (lactones) is 1. The van der Waals surface area contributed by atoms with Crippen molar-refractivity contribution >= 4 is 41.4 Å². The summed E-state index contributed by atoms with van der Waals surface area (Å²) < 4.78 is 5.68. The molecule has 0 radical (unpaired) electrons. The van der Waals surface area contributed by atoms with Crippen LogP contribution in [0.2, 0.25) is 0 Å². The van der Waals surface area contributed by atoms with Gasteiger partial charge in [0, 0.05) is 32.0 Å². The Hall–Kier alpha value is -5.05. The molecule has 1 aliphatic rings. The van der Waals surface area contributed by atoms with Crippen LogP contribution < -0.4 is 21.3 Å². The van der Waals surface area contributed by atoms with Crippen molar-refractivity contribution < 1.29 is 43.4 Å². The second-order valence-electron chi connectivity index (χ2n) is 16.3. The van der Waals surface area contributed by atoms with Crippen molar-refractivity contribution in [1.29, 1.82) is 0 Å². The largest absolute Gasteiger partial charge is 0.449 e. The van der Waals surface area contributed by atoms with E-state index in [0.717, 1.165) is 11.1 Å². The second-order valence-corrected chi connectivity index (χ2v) is 16.3. The van der Waals surface area contributed by atoms with Crippen molar-refractivity contribution in [3.63, 3.8) is 0 Å². The molecule has 1 unspecified atom stereocenters. The van der Waals surface area contributed by atoms with Crippen LogP contribution in [0, 0.1) is 17.8 Å². The van der Waals surface area contributed by atoms with Crippen LogP contribution in [0.15, 0.2) is 53.6 Å². The zero-order valence-electron chi connectivity index (χ0n) is 37.0. The number of hydrogen-bond acceptors (Lipinski definition) is 9. The number of allylic oxidation sites excluding steroid dienone is 1. The van der Waals surface area contributed by atoms with E-state index in [4.69, 9.17) is 4.74 Å². The third-order valence-electron chi connectivity index (χ3n) is 11.0. The Kier molecular flexibility index (Phi) is 20.0. The van der Waals surface area contributed by atoms with E-state index in [1.165, 1.54) is 50.7 Å². The van der Waals surface area contributed by atoms with Gasteiger partial charge in [0.05, 0.1) is 18.7 Å². The average Bonchev–Trinajstić information content (AvgIpc) is 3.20. The summed E-state index contributed by atoms with van der Waals surface area (Å²) in [7, 11) is 2.86. The van der Waals surface area contributed by atoms with E-state index in [2.05, 4.69) is 21.3 Å². The van der Waals surface area contributed by atoms with E-state index in [1.54, 1.807) is 58.0 Å². The minimum atomic E-state index is -1.25. The first-order valence-electron chi connectivity index (χ1n) is 20.6. The Balaban J connectivity index is 2.62. The van der Waals surface area contributed by atoms with Gasteiger partial charge in [-0.25, -0.2) is 4.79 Å². The van der Waals surface area contributed by atoms with Crippen molar-refractivity contribution in [2.45, 2.75) is 137 Å². The topological polar surface area (TPSA) is 204 Å². The van der Waals surface area contributed by atoms with Crippen molar-refractivity contribution in [1.82, 2.24) is 31.1 Å². The highest BCUT2D eigenvalue weighted by molar-refractivity contribution is 5.96. The van der Waals surface area contributed by atoms with E-state index in [-0.39, 0.29) is 36.7 Å². The molecule has 328 valence electrons. The Morgan fingerprint density at radius 2 is 1.49 bits per heavy atom. The van der Waals surface area contributed by atoms with Crippen molar-refractivity contribution in [3.05, 3.63) is 59.2 Å². The number of aliphatic hydroxyl groups excluding tert-OH is 1. The lowest BCUT2D eigenvalue weighted by atomic mass is 9.88. The number of likely N-dealkylation sites (N-methyl/N-ethyl adjacent to an activating group) is 2. The number of esters is 1. The third-order valence-corrected chi connectivity index (χ3v) is 11.0. The van der Waals surface area contributed by atoms with Gasteiger partial charge < -0.3 is 40.9 Å². The standard InChI is InChI=1S/C44H68N6O9/c1-13-26(5)37-29(8)34(51)21-20-28(7)44(58)59-35(22-25(3)4)40(54)46-31(10)42(56)50(12)33(23-32-18-16-15-17-19-32)43(57)49(11)24-36(52)47-38(27(6)14-2)41(55)45-30(9)39(53)48-37/h13,15-20,25,27,29-31,33-35,37-38,51H,14,21-24H2,1-12H3,(H,45,55)(H,46,54)(H,47,52)(H,48,53)/b26-13+,28-20+/t27?,29-,30+,31-,33+,34-,35+,37+,38-/m0/s1. The normalized spacial score (nSPS) is 28.8. The lowest BCUT2D eigenvalue weighted by molar-refractivity contribution is -0.154. The number of carbonyl (C=O) groups excluding carboxylic acids is 7. The van der Waals surface area contributed by atoms with Crippen molar-refractivity contribution in [3.8, 4) is 0 Å². The maximum atomic E-state index is 14.1. The summed E-state index contributed by atoms with van der Waals surface area (Å²) in [6.45, 7) is 16.8. The maximum absolute atomic E-state index is 14.1. The van der Waals surface area contributed by atoms with Gasteiger partial charge in [-0.2, -0.15) is 0 Å². The first kappa shape index (κ1) is 50.1. The molecular weight excluding hydrogens is 757 g/mol.